The number of carboxylic acids is 1. The number of carboxylic acid groups (broad SMARTS) is 1. The summed E-state index contributed by atoms with van der Waals surface area (Å²) in [6.45, 7) is 2.55. The fraction of sp³-hybridized carbons (Fsp3) is 0.269. The molecule has 5 heteroatoms. The Morgan fingerprint density at radius 2 is 1.84 bits per heavy atom. The maximum absolute atomic E-state index is 11.2. The van der Waals surface area contributed by atoms with Crippen molar-refractivity contribution in [1.29, 1.82) is 0 Å². The predicted octanol–water partition coefficient (Wildman–Crippen LogP) is 4.67. The van der Waals surface area contributed by atoms with Gasteiger partial charge in [-0.05, 0) is 73.2 Å². The number of nitrogens with one attached hydrogen (secondary N) is 1. The van der Waals surface area contributed by atoms with E-state index in [2.05, 4.69) is 11.4 Å². The first-order chi connectivity index (χ1) is 15.0. The van der Waals surface area contributed by atoms with E-state index in [9.17, 15) is 9.90 Å². The minimum atomic E-state index is -0.974. The second-order valence-corrected chi connectivity index (χ2v) is 8.14. The van der Waals surface area contributed by atoms with Crippen LogP contribution in [0.5, 0.6) is 11.5 Å². The van der Waals surface area contributed by atoms with E-state index in [1.54, 1.807) is 18.2 Å². The smallest absolute Gasteiger partial charge is 0.335 e. The monoisotopic (exact) mass is 417 g/mol. The molecule has 0 heterocycles. The molecule has 4 rings (SSSR count). The molecule has 5 nitrogen and oxygen atoms in total. The van der Waals surface area contributed by atoms with Crippen molar-refractivity contribution in [2.75, 3.05) is 6.54 Å². The van der Waals surface area contributed by atoms with Gasteiger partial charge in [0.2, 0.25) is 0 Å². The minimum absolute atomic E-state index is 0.201. The van der Waals surface area contributed by atoms with Crippen molar-refractivity contribution in [1.82, 2.24) is 5.32 Å². The van der Waals surface area contributed by atoms with Gasteiger partial charge in [-0.1, -0.05) is 42.0 Å². The largest absolute Gasteiger partial charge is 0.478 e. The van der Waals surface area contributed by atoms with Gasteiger partial charge in [0.1, 0.15) is 11.5 Å². The molecule has 0 aromatic heterocycles. The second-order valence-electron chi connectivity index (χ2n) is 8.14. The molecule has 3 aromatic carbocycles. The van der Waals surface area contributed by atoms with Gasteiger partial charge in [-0.25, -0.2) is 4.79 Å². The van der Waals surface area contributed by atoms with Crippen molar-refractivity contribution >= 4 is 5.97 Å². The SMILES string of the molecule is Cc1ccc([C@@H](O)CN[C@H]2CCc3ccc(Oc4cccc(C(=O)O)c4)cc3C2)cc1. The maximum atomic E-state index is 11.2. The van der Waals surface area contributed by atoms with Gasteiger partial charge in [0.25, 0.3) is 0 Å². The molecule has 160 valence electrons. The molecule has 1 aliphatic rings. The van der Waals surface area contributed by atoms with E-state index < -0.39 is 12.1 Å². The molecule has 2 atom stereocenters. The number of aryl methyl sites for hydroxylation is 2. The highest BCUT2D eigenvalue weighted by Gasteiger charge is 2.20. The van der Waals surface area contributed by atoms with Crippen molar-refractivity contribution in [3.8, 4) is 11.5 Å². The Bertz CT molecular complexity index is 1060. The van der Waals surface area contributed by atoms with E-state index in [-0.39, 0.29) is 11.6 Å². The summed E-state index contributed by atoms with van der Waals surface area (Å²) in [4.78, 5) is 11.2. The number of rotatable bonds is 7. The normalized spacial score (nSPS) is 16.4. The van der Waals surface area contributed by atoms with Crippen molar-refractivity contribution in [3.05, 3.63) is 94.5 Å². The fourth-order valence-corrected chi connectivity index (χ4v) is 3.98. The third-order valence-corrected chi connectivity index (χ3v) is 5.78. The predicted molar refractivity (Wildman–Crippen MR) is 120 cm³/mol. The number of ether oxygens (including phenoxy) is 1. The van der Waals surface area contributed by atoms with Crippen molar-refractivity contribution < 1.29 is 19.7 Å². The molecule has 0 saturated carbocycles. The van der Waals surface area contributed by atoms with E-state index in [1.165, 1.54) is 22.8 Å². The van der Waals surface area contributed by atoms with Crippen LogP contribution in [-0.2, 0) is 12.8 Å². The van der Waals surface area contributed by atoms with Gasteiger partial charge in [-0.2, -0.15) is 0 Å². The summed E-state index contributed by atoms with van der Waals surface area (Å²) in [6, 6.07) is 20.8. The molecule has 0 unspecified atom stereocenters. The van der Waals surface area contributed by atoms with Crippen LogP contribution in [0.15, 0.2) is 66.7 Å². The van der Waals surface area contributed by atoms with Gasteiger partial charge in [-0.3, -0.25) is 0 Å². The lowest BCUT2D eigenvalue weighted by Crippen LogP contribution is -2.37. The molecule has 0 saturated heterocycles. The van der Waals surface area contributed by atoms with Gasteiger partial charge in [0.15, 0.2) is 0 Å². The molecule has 1 aliphatic carbocycles. The molecule has 0 bridgehead atoms. The van der Waals surface area contributed by atoms with Gasteiger partial charge in [0, 0.05) is 12.6 Å². The van der Waals surface area contributed by atoms with Crippen LogP contribution < -0.4 is 10.1 Å². The number of aliphatic hydroxyl groups excluding tert-OH is 1. The molecular formula is C26H27NO4. The first kappa shape index (κ1) is 21.1. The standard InChI is InChI=1S/C26H27NO4/c1-17-5-7-19(8-6-17)25(28)16-27-22-11-9-18-10-12-24(15-21(18)13-22)31-23-4-2-3-20(14-23)26(29)30/h2-8,10,12,14-15,22,25,27-28H,9,11,13,16H2,1H3,(H,29,30)/t22-,25-/m0/s1. The van der Waals surface area contributed by atoms with Crippen molar-refractivity contribution in [3.63, 3.8) is 0 Å². The topological polar surface area (TPSA) is 78.8 Å². The molecule has 0 amide bonds. The molecule has 31 heavy (non-hydrogen) atoms. The average Bonchev–Trinajstić information content (AvgIpc) is 2.78. The van der Waals surface area contributed by atoms with Crippen LogP contribution >= 0.6 is 0 Å². The van der Waals surface area contributed by atoms with Gasteiger partial charge < -0.3 is 20.3 Å². The quantitative estimate of drug-likeness (QED) is 0.521. The summed E-state index contributed by atoms with van der Waals surface area (Å²) >= 11 is 0. The van der Waals surface area contributed by atoms with Gasteiger partial charge in [-0.15, -0.1) is 0 Å². The Balaban J connectivity index is 1.38. The highest BCUT2D eigenvalue weighted by molar-refractivity contribution is 5.88. The van der Waals surface area contributed by atoms with Crippen LogP contribution in [0.3, 0.4) is 0 Å². The number of fused-ring (bicyclic) bond motifs is 1. The van der Waals surface area contributed by atoms with Crippen LogP contribution in [0.4, 0.5) is 0 Å². The lowest BCUT2D eigenvalue weighted by Gasteiger charge is -2.27. The number of aromatic carboxylic acids is 1. The summed E-state index contributed by atoms with van der Waals surface area (Å²) < 4.78 is 5.91. The van der Waals surface area contributed by atoms with E-state index in [0.29, 0.717) is 18.0 Å². The van der Waals surface area contributed by atoms with E-state index in [0.717, 1.165) is 24.8 Å². The molecule has 0 aliphatic heterocycles. The molecular weight excluding hydrogens is 390 g/mol. The van der Waals surface area contributed by atoms with E-state index in [4.69, 9.17) is 9.84 Å². The third-order valence-electron chi connectivity index (χ3n) is 5.78. The summed E-state index contributed by atoms with van der Waals surface area (Å²) in [7, 11) is 0. The summed E-state index contributed by atoms with van der Waals surface area (Å²) in [5.41, 5.74) is 4.84. The molecule has 0 fully saturated rings. The lowest BCUT2D eigenvalue weighted by atomic mass is 9.88. The van der Waals surface area contributed by atoms with Crippen LogP contribution in [-0.4, -0.2) is 28.8 Å². The molecule has 0 radical (unpaired) electrons. The Hall–Kier alpha value is -3.15. The number of hydrogen-bond acceptors (Lipinski definition) is 4. The number of aliphatic hydroxyl groups is 1. The molecule has 3 aromatic rings. The van der Waals surface area contributed by atoms with Crippen molar-refractivity contribution in [2.24, 2.45) is 0 Å². The molecule has 0 spiro atoms. The van der Waals surface area contributed by atoms with Crippen LogP contribution in [0.25, 0.3) is 0 Å². The Morgan fingerprint density at radius 3 is 2.61 bits per heavy atom. The summed E-state index contributed by atoms with van der Waals surface area (Å²) in [5.74, 6) is 0.228. The number of hydrogen-bond donors (Lipinski definition) is 3. The Labute approximate surface area is 182 Å². The van der Waals surface area contributed by atoms with Crippen LogP contribution in [0.1, 0.15) is 45.1 Å². The molecule has 3 N–H and O–H groups in total. The second kappa shape index (κ2) is 9.33. The Kier molecular flexibility index (Phi) is 6.35. The highest BCUT2D eigenvalue weighted by atomic mass is 16.5. The third kappa shape index (κ3) is 5.32. The summed E-state index contributed by atoms with van der Waals surface area (Å²) in [6.07, 6.45) is 2.33. The zero-order valence-corrected chi connectivity index (χ0v) is 17.5. The minimum Gasteiger partial charge on any atom is -0.478 e. The van der Waals surface area contributed by atoms with Crippen molar-refractivity contribution in [2.45, 2.75) is 38.3 Å². The first-order valence-corrected chi connectivity index (χ1v) is 10.6. The van der Waals surface area contributed by atoms with E-state index in [1.807, 2.05) is 43.3 Å². The number of carbonyl (C=O) groups is 1. The van der Waals surface area contributed by atoms with Crippen LogP contribution in [0, 0.1) is 6.92 Å². The van der Waals surface area contributed by atoms with Gasteiger partial charge in [0.05, 0.1) is 11.7 Å². The summed E-state index contributed by atoms with van der Waals surface area (Å²) in [5, 5.41) is 23.1. The van der Waals surface area contributed by atoms with Crippen LogP contribution in [0.2, 0.25) is 0 Å². The lowest BCUT2D eigenvalue weighted by molar-refractivity contribution is 0.0696. The van der Waals surface area contributed by atoms with Gasteiger partial charge >= 0.3 is 5.97 Å². The maximum Gasteiger partial charge on any atom is 0.335 e. The first-order valence-electron chi connectivity index (χ1n) is 10.6. The fourth-order valence-electron chi connectivity index (χ4n) is 3.98. The zero-order valence-electron chi connectivity index (χ0n) is 17.5. The van der Waals surface area contributed by atoms with E-state index >= 15 is 0 Å². The Morgan fingerprint density at radius 1 is 1.06 bits per heavy atom. The average molecular weight is 418 g/mol. The number of benzene rings is 3. The highest BCUT2D eigenvalue weighted by Crippen LogP contribution is 2.29. The zero-order chi connectivity index (χ0) is 21.8.